The number of hydrogen-bond acceptors (Lipinski definition) is 3. The Morgan fingerprint density at radius 3 is 2.50 bits per heavy atom. The van der Waals surface area contributed by atoms with Crippen LogP contribution in [0.1, 0.15) is 51.0 Å². The minimum absolute atomic E-state index is 0.0365. The van der Waals surface area contributed by atoms with Gasteiger partial charge in [-0.3, -0.25) is 4.79 Å². The summed E-state index contributed by atoms with van der Waals surface area (Å²) in [6, 6.07) is 6.88. The second-order valence-electron chi connectivity index (χ2n) is 5.27. The summed E-state index contributed by atoms with van der Waals surface area (Å²) in [6.45, 7) is 2.00. The van der Waals surface area contributed by atoms with Gasteiger partial charge in [-0.1, -0.05) is 26.2 Å². The molecule has 0 aliphatic heterocycles. The van der Waals surface area contributed by atoms with Gasteiger partial charge in [0.05, 0.1) is 5.71 Å². The molecule has 1 aromatic rings. The second kappa shape index (κ2) is 7.08. The number of phenols is 1. The normalized spacial score (nSPS) is 16.9. The summed E-state index contributed by atoms with van der Waals surface area (Å²) in [5, 5.41) is 13.5. The van der Waals surface area contributed by atoms with Gasteiger partial charge in [0.25, 0.3) is 0 Å². The summed E-state index contributed by atoms with van der Waals surface area (Å²) in [5.74, 6) is 0.385. The Bertz CT molecular complexity index is 474. The topological polar surface area (TPSA) is 61.7 Å². The predicted octanol–water partition coefficient (Wildman–Crippen LogP) is 3.20. The molecule has 0 aromatic heterocycles. The third-order valence-electron chi connectivity index (χ3n) is 3.81. The van der Waals surface area contributed by atoms with E-state index in [1.165, 1.54) is 6.42 Å². The van der Waals surface area contributed by atoms with E-state index in [4.69, 9.17) is 0 Å². The van der Waals surface area contributed by atoms with E-state index in [1.54, 1.807) is 12.1 Å². The van der Waals surface area contributed by atoms with E-state index in [9.17, 15) is 9.90 Å². The highest BCUT2D eigenvalue weighted by molar-refractivity contribution is 6.01. The van der Waals surface area contributed by atoms with Gasteiger partial charge in [-0.25, -0.2) is 5.43 Å². The van der Waals surface area contributed by atoms with Crippen LogP contribution in [-0.4, -0.2) is 16.7 Å². The average molecular weight is 274 g/mol. The van der Waals surface area contributed by atoms with Gasteiger partial charge in [0.1, 0.15) is 5.75 Å². The molecule has 1 amide bonds. The van der Waals surface area contributed by atoms with Crippen molar-refractivity contribution in [2.75, 3.05) is 0 Å². The van der Waals surface area contributed by atoms with Crippen LogP contribution in [0.3, 0.4) is 0 Å². The number of nitrogens with zero attached hydrogens (tertiary/aromatic N) is 1. The van der Waals surface area contributed by atoms with Crippen molar-refractivity contribution in [2.45, 2.75) is 45.4 Å². The number of nitrogens with one attached hydrogen (secondary N) is 1. The Balaban J connectivity index is 2.00. The van der Waals surface area contributed by atoms with Gasteiger partial charge in [-0.2, -0.15) is 5.10 Å². The van der Waals surface area contributed by atoms with E-state index in [-0.39, 0.29) is 17.6 Å². The third kappa shape index (κ3) is 3.83. The summed E-state index contributed by atoms with van der Waals surface area (Å²) >= 11 is 0. The van der Waals surface area contributed by atoms with Gasteiger partial charge < -0.3 is 5.11 Å². The van der Waals surface area contributed by atoms with Crippen LogP contribution < -0.4 is 5.43 Å². The van der Waals surface area contributed by atoms with Crippen molar-refractivity contribution < 1.29 is 9.90 Å². The van der Waals surface area contributed by atoms with Crippen LogP contribution in [-0.2, 0) is 4.79 Å². The number of phenolic OH excluding ortho intramolecular Hbond substituents is 1. The molecule has 2 rings (SSSR count). The number of hydrazone groups is 1. The van der Waals surface area contributed by atoms with Crippen molar-refractivity contribution >= 4 is 11.6 Å². The van der Waals surface area contributed by atoms with Gasteiger partial charge in [-0.15, -0.1) is 0 Å². The van der Waals surface area contributed by atoms with Crippen LogP contribution in [0.15, 0.2) is 29.4 Å². The van der Waals surface area contributed by atoms with E-state index >= 15 is 0 Å². The highest BCUT2D eigenvalue weighted by Gasteiger charge is 2.20. The van der Waals surface area contributed by atoms with Gasteiger partial charge in [0.15, 0.2) is 0 Å². The van der Waals surface area contributed by atoms with Crippen LogP contribution in [0, 0.1) is 5.92 Å². The molecule has 1 aliphatic rings. The van der Waals surface area contributed by atoms with Gasteiger partial charge in [0, 0.05) is 5.92 Å². The molecular weight excluding hydrogens is 252 g/mol. The molecule has 0 heterocycles. The standard InChI is InChI=1S/C16H22N2O2/c1-2-15(12-8-10-14(19)11-9-12)17-18-16(20)13-6-4-3-5-7-13/h8-11,13,19H,2-7H2,1H3,(H,18,20)/b17-15+. The maximum atomic E-state index is 12.0. The summed E-state index contributed by atoms with van der Waals surface area (Å²) in [7, 11) is 0. The number of carbonyl (C=O) groups excluding carboxylic acids is 1. The van der Waals surface area contributed by atoms with Crippen molar-refractivity contribution in [2.24, 2.45) is 11.0 Å². The molecule has 0 spiro atoms. The largest absolute Gasteiger partial charge is 0.508 e. The minimum atomic E-state index is 0.0365. The van der Waals surface area contributed by atoms with Crippen LogP contribution >= 0.6 is 0 Å². The molecule has 0 bridgehead atoms. The third-order valence-corrected chi connectivity index (χ3v) is 3.81. The molecule has 0 unspecified atom stereocenters. The summed E-state index contributed by atoms with van der Waals surface area (Å²) in [6.07, 6.45) is 6.20. The van der Waals surface area contributed by atoms with E-state index in [0.29, 0.717) is 0 Å². The SMILES string of the molecule is CC/C(=N\NC(=O)C1CCCCC1)c1ccc(O)cc1. The molecule has 4 nitrogen and oxygen atoms in total. The van der Waals surface area contributed by atoms with Crippen LogP contribution in [0.5, 0.6) is 5.75 Å². The lowest BCUT2D eigenvalue weighted by molar-refractivity contribution is -0.125. The lowest BCUT2D eigenvalue weighted by Gasteiger charge is -2.19. The number of rotatable bonds is 4. The smallest absolute Gasteiger partial charge is 0.243 e. The molecule has 1 aliphatic carbocycles. The lowest BCUT2D eigenvalue weighted by Crippen LogP contribution is -2.29. The fourth-order valence-electron chi connectivity index (χ4n) is 2.58. The molecule has 2 N–H and O–H groups in total. The van der Waals surface area contributed by atoms with Crippen molar-refractivity contribution in [3.8, 4) is 5.75 Å². The Labute approximate surface area is 119 Å². The summed E-state index contributed by atoms with van der Waals surface area (Å²) in [4.78, 5) is 12.0. The first-order valence-electron chi connectivity index (χ1n) is 7.36. The van der Waals surface area contributed by atoms with E-state index in [0.717, 1.165) is 43.4 Å². The van der Waals surface area contributed by atoms with Crippen LogP contribution in [0.2, 0.25) is 0 Å². The Hall–Kier alpha value is -1.84. The Morgan fingerprint density at radius 1 is 1.25 bits per heavy atom. The fraction of sp³-hybridized carbons (Fsp3) is 0.500. The van der Waals surface area contributed by atoms with E-state index in [2.05, 4.69) is 10.5 Å². The van der Waals surface area contributed by atoms with E-state index < -0.39 is 0 Å². The van der Waals surface area contributed by atoms with Crippen LogP contribution in [0.25, 0.3) is 0 Å². The lowest BCUT2D eigenvalue weighted by atomic mass is 9.89. The molecule has 1 aromatic carbocycles. The zero-order chi connectivity index (χ0) is 14.4. The van der Waals surface area contributed by atoms with Crippen molar-refractivity contribution in [1.82, 2.24) is 5.43 Å². The summed E-state index contributed by atoms with van der Waals surface area (Å²) < 4.78 is 0. The fourth-order valence-corrected chi connectivity index (χ4v) is 2.58. The molecule has 0 radical (unpaired) electrons. The molecule has 1 saturated carbocycles. The molecule has 1 fully saturated rings. The zero-order valence-electron chi connectivity index (χ0n) is 11.9. The first kappa shape index (κ1) is 14.6. The molecule has 108 valence electrons. The van der Waals surface area contributed by atoms with Gasteiger partial charge >= 0.3 is 0 Å². The zero-order valence-corrected chi connectivity index (χ0v) is 11.9. The number of carbonyl (C=O) groups is 1. The molecule has 4 heteroatoms. The Kier molecular flexibility index (Phi) is 5.16. The minimum Gasteiger partial charge on any atom is -0.508 e. The average Bonchev–Trinajstić information content (AvgIpc) is 2.50. The second-order valence-corrected chi connectivity index (χ2v) is 5.27. The van der Waals surface area contributed by atoms with Crippen molar-refractivity contribution in [3.05, 3.63) is 29.8 Å². The maximum absolute atomic E-state index is 12.0. The highest BCUT2D eigenvalue weighted by Crippen LogP contribution is 2.23. The first-order chi connectivity index (χ1) is 9.70. The number of benzene rings is 1. The number of aromatic hydroxyl groups is 1. The molecular formula is C16H22N2O2. The highest BCUT2D eigenvalue weighted by atomic mass is 16.3. The molecule has 20 heavy (non-hydrogen) atoms. The Morgan fingerprint density at radius 2 is 1.90 bits per heavy atom. The van der Waals surface area contributed by atoms with Crippen molar-refractivity contribution in [3.63, 3.8) is 0 Å². The monoisotopic (exact) mass is 274 g/mol. The number of hydrogen-bond donors (Lipinski definition) is 2. The van der Waals surface area contributed by atoms with Gasteiger partial charge in [-0.05, 0) is 49.1 Å². The van der Waals surface area contributed by atoms with Gasteiger partial charge in [0.2, 0.25) is 5.91 Å². The van der Waals surface area contributed by atoms with E-state index in [1.807, 2.05) is 19.1 Å². The number of amides is 1. The predicted molar refractivity (Wildman–Crippen MR) is 79.7 cm³/mol. The summed E-state index contributed by atoms with van der Waals surface area (Å²) in [5.41, 5.74) is 4.46. The molecule has 0 saturated heterocycles. The quantitative estimate of drug-likeness (QED) is 0.654. The van der Waals surface area contributed by atoms with Crippen molar-refractivity contribution in [1.29, 1.82) is 0 Å². The van der Waals surface area contributed by atoms with Crippen LogP contribution in [0.4, 0.5) is 0 Å². The maximum Gasteiger partial charge on any atom is 0.243 e. The first-order valence-corrected chi connectivity index (χ1v) is 7.36. The molecule has 0 atom stereocenters.